The Hall–Kier alpha value is -1.75. The maximum Gasteiger partial charge on any atom is 0.224 e. The molecule has 1 aromatic carbocycles. The highest BCUT2D eigenvalue weighted by molar-refractivity contribution is 5.77. The standard InChI is InChI=1S/C22H34N2O3/c1-17(16-22(26)24-14-6-2-3-7-15-24)23-18-10-12-19(13-11-18)27-21-9-5-4-8-20(21)25/h10-13,17,20-21,23,25H,2-9,14-16H2,1H3. The molecule has 1 heterocycles. The molecular formula is C22H34N2O3. The van der Waals surface area contributed by atoms with Crippen molar-refractivity contribution in [3.63, 3.8) is 0 Å². The summed E-state index contributed by atoms with van der Waals surface area (Å²) in [6.07, 6.45) is 8.74. The Morgan fingerprint density at radius 3 is 2.44 bits per heavy atom. The number of amides is 1. The third-order valence-electron chi connectivity index (χ3n) is 5.66. The third kappa shape index (κ3) is 6.13. The molecule has 0 radical (unpaired) electrons. The molecule has 27 heavy (non-hydrogen) atoms. The number of hydrogen-bond donors (Lipinski definition) is 2. The van der Waals surface area contributed by atoms with Crippen LogP contribution in [0.4, 0.5) is 5.69 Å². The molecule has 1 aromatic rings. The molecular weight excluding hydrogens is 340 g/mol. The number of anilines is 1. The van der Waals surface area contributed by atoms with Crippen LogP contribution in [-0.4, -0.2) is 47.3 Å². The summed E-state index contributed by atoms with van der Waals surface area (Å²) in [5.74, 6) is 1.04. The molecule has 0 bridgehead atoms. The number of aliphatic hydroxyl groups is 1. The fraction of sp³-hybridized carbons (Fsp3) is 0.682. The molecule has 3 unspecified atom stereocenters. The van der Waals surface area contributed by atoms with Gasteiger partial charge in [0, 0.05) is 31.2 Å². The largest absolute Gasteiger partial charge is 0.488 e. The maximum absolute atomic E-state index is 12.5. The first-order valence-electron chi connectivity index (χ1n) is 10.6. The van der Waals surface area contributed by atoms with Crippen LogP contribution in [0.15, 0.2) is 24.3 Å². The maximum atomic E-state index is 12.5. The lowest BCUT2D eigenvalue weighted by atomic mass is 9.95. The smallest absolute Gasteiger partial charge is 0.224 e. The highest BCUT2D eigenvalue weighted by atomic mass is 16.5. The summed E-state index contributed by atoms with van der Waals surface area (Å²) in [7, 11) is 0. The summed E-state index contributed by atoms with van der Waals surface area (Å²) in [4.78, 5) is 14.5. The minimum Gasteiger partial charge on any atom is -0.488 e. The van der Waals surface area contributed by atoms with Crippen LogP contribution >= 0.6 is 0 Å². The SMILES string of the molecule is CC(CC(=O)N1CCCCCC1)Nc1ccc(OC2CCCCC2O)cc1. The van der Waals surface area contributed by atoms with Gasteiger partial charge in [-0.05, 0) is 63.3 Å². The van der Waals surface area contributed by atoms with E-state index in [-0.39, 0.29) is 24.2 Å². The second-order valence-electron chi connectivity index (χ2n) is 8.08. The van der Waals surface area contributed by atoms with Crippen molar-refractivity contribution in [2.24, 2.45) is 0 Å². The summed E-state index contributed by atoms with van der Waals surface area (Å²) in [6.45, 7) is 3.87. The monoisotopic (exact) mass is 374 g/mol. The molecule has 3 atom stereocenters. The highest BCUT2D eigenvalue weighted by Crippen LogP contribution is 2.25. The van der Waals surface area contributed by atoms with E-state index in [4.69, 9.17) is 4.74 Å². The van der Waals surface area contributed by atoms with E-state index >= 15 is 0 Å². The number of benzene rings is 1. The molecule has 3 rings (SSSR count). The summed E-state index contributed by atoms with van der Waals surface area (Å²) in [5, 5.41) is 13.5. The molecule has 0 aromatic heterocycles. The molecule has 1 amide bonds. The zero-order chi connectivity index (χ0) is 19.1. The molecule has 2 fully saturated rings. The Bertz CT molecular complexity index is 582. The summed E-state index contributed by atoms with van der Waals surface area (Å²) in [6, 6.07) is 7.93. The van der Waals surface area contributed by atoms with Crippen LogP contribution < -0.4 is 10.1 Å². The highest BCUT2D eigenvalue weighted by Gasteiger charge is 2.24. The number of aliphatic hydroxyl groups excluding tert-OH is 1. The first-order valence-corrected chi connectivity index (χ1v) is 10.6. The molecule has 0 spiro atoms. The first-order chi connectivity index (χ1) is 13.1. The van der Waals surface area contributed by atoms with Crippen LogP contribution in [0.5, 0.6) is 5.75 Å². The van der Waals surface area contributed by atoms with Gasteiger partial charge in [0.15, 0.2) is 0 Å². The lowest BCUT2D eigenvalue weighted by molar-refractivity contribution is -0.131. The number of nitrogens with one attached hydrogen (secondary N) is 1. The summed E-state index contributed by atoms with van der Waals surface area (Å²) < 4.78 is 5.94. The predicted octanol–water partition coefficient (Wildman–Crippen LogP) is 3.96. The van der Waals surface area contributed by atoms with Gasteiger partial charge in [0.05, 0.1) is 6.10 Å². The molecule has 1 aliphatic carbocycles. The number of nitrogens with zero attached hydrogens (tertiary/aromatic N) is 1. The average Bonchev–Trinajstić information content (AvgIpc) is 2.95. The van der Waals surface area contributed by atoms with E-state index in [0.29, 0.717) is 6.42 Å². The van der Waals surface area contributed by atoms with E-state index in [1.807, 2.05) is 29.2 Å². The number of carbonyl (C=O) groups excluding carboxylic acids is 1. The van der Waals surface area contributed by atoms with Gasteiger partial charge < -0.3 is 20.1 Å². The molecule has 1 saturated heterocycles. The fourth-order valence-electron chi connectivity index (χ4n) is 4.07. The Morgan fingerprint density at radius 1 is 1.11 bits per heavy atom. The Labute approximate surface area is 163 Å². The van der Waals surface area contributed by atoms with Crippen LogP contribution in [0.1, 0.15) is 64.7 Å². The van der Waals surface area contributed by atoms with Gasteiger partial charge in [-0.25, -0.2) is 0 Å². The van der Waals surface area contributed by atoms with E-state index in [1.54, 1.807) is 0 Å². The molecule has 2 aliphatic rings. The minimum absolute atomic E-state index is 0.0905. The summed E-state index contributed by atoms with van der Waals surface area (Å²) in [5.41, 5.74) is 0.989. The van der Waals surface area contributed by atoms with Crippen LogP contribution in [-0.2, 0) is 4.79 Å². The predicted molar refractivity (Wildman–Crippen MR) is 108 cm³/mol. The summed E-state index contributed by atoms with van der Waals surface area (Å²) >= 11 is 0. The van der Waals surface area contributed by atoms with Crippen molar-refractivity contribution < 1.29 is 14.6 Å². The Kier molecular flexibility index (Phi) is 7.39. The van der Waals surface area contributed by atoms with Gasteiger partial charge in [0.1, 0.15) is 11.9 Å². The van der Waals surface area contributed by atoms with Crippen molar-refractivity contribution in [2.45, 2.75) is 83.0 Å². The molecule has 2 N–H and O–H groups in total. The third-order valence-corrected chi connectivity index (χ3v) is 5.66. The molecule has 5 heteroatoms. The number of carbonyl (C=O) groups is 1. The fourth-order valence-corrected chi connectivity index (χ4v) is 4.07. The van der Waals surface area contributed by atoms with Crippen molar-refractivity contribution in [1.29, 1.82) is 0 Å². The second kappa shape index (κ2) is 9.98. The van der Waals surface area contributed by atoms with Gasteiger partial charge in [-0.1, -0.05) is 19.3 Å². The Morgan fingerprint density at radius 2 is 1.78 bits per heavy atom. The van der Waals surface area contributed by atoms with E-state index < -0.39 is 0 Å². The van der Waals surface area contributed by atoms with Crippen molar-refractivity contribution in [3.05, 3.63) is 24.3 Å². The molecule has 1 saturated carbocycles. The first kappa shape index (κ1) is 20.0. The van der Waals surface area contributed by atoms with Gasteiger partial charge in [0.2, 0.25) is 5.91 Å². The number of rotatable bonds is 6. The topological polar surface area (TPSA) is 61.8 Å². The van der Waals surface area contributed by atoms with Crippen molar-refractivity contribution >= 4 is 11.6 Å². The van der Waals surface area contributed by atoms with Crippen LogP contribution in [0.2, 0.25) is 0 Å². The van der Waals surface area contributed by atoms with Crippen molar-refractivity contribution in [3.8, 4) is 5.75 Å². The Balaban J connectivity index is 1.46. The molecule has 5 nitrogen and oxygen atoms in total. The van der Waals surface area contributed by atoms with E-state index in [0.717, 1.165) is 63.1 Å². The number of likely N-dealkylation sites (tertiary alicyclic amines) is 1. The average molecular weight is 375 g/mol. The van der Waals surface area contributed by atoms with E-state index in [2.05, 4.69) is 12.2 Å². The van der Waals surface area contributed by atoms with E-state index in [1.165, 1.54) is 12.8 Å². The molecule has 150 valence electrons. The van der Waals surface area contributed by atoms with Gasteiger partial charge in [0.25, 0.3) is 0 Å². The zero-order valence-electron chi connectivity index (χ0n) is 16.5. The molecule has 1 aliphatic heterocycles. The normalized spacial score (nSPS) is 24.7. The van der Waals surface area contributed by atoms with Gasteiger partial charge in [-0.2, -0.15) is 0 Å². The quantitative estimate of drug-likeness (QED) is 0.791. The van der Waals surface area contributed by atoms with Gasteiger partial charge in [-0.3, -0.25) is 4.79 Å². The zero-order valence-corrected chi connectivity index (χ0v) is 16.5. The second-order valence-corrected chi connectivity index (χ2v) is 8.08. The van der Waals surface area contributed by atoms with Gasteiger partial charge in [-0.15, -0.1) is 0 Å². The van der Waals surface area contributed by atoms with Crippen LogP contribution in [0, 0.1) is 0 Å². The number of ether oxygens (including phenoxy) is 1. The number of hydrogen-bond acceptors (Lipinski definition) is 4. The lowest BCUT2D eigenvalue weighted by Crippen LogP contribution is -2.35. The van der Waals surface area contributed by atoms with E-state index in [9.17, 15) is 9.90 Å². The van der Waals surface area contributed by atoms with Crippen molar-refractivity contribution in [1.82, 2.24) is 4.90 Å². The lowest BCUT2D eigenvalue weighted by Gasteiger charge is -2.28. The van der Waals surface area contributed by atoms with Crippen LogP contribution in [0.3, 0.4) is 0 Å². The van der Waals surface area contributed by atoms with Gasteiger partial charge >= 0.3 is 0 Å². The van der Waals surface area contributed by atoms with Crippen molar-refractivity contribution in [2.75, 3.05) is 18.4 Å². The van der Waals surface area contributed by atoms with Crippen LogP contribution in [0.25, 0.3) is 0 Å². The minimum atomic E-state index is -0.360.